The molecule has 1 aliphatic heterocycles. The largest absolute Gasteiger partial charge is 0.481 e. The highest BCUT2D eigenvalue weighted by Gasteiger charge is 2.33. The highest BCUT2D eigenvalue weighted by molar-refractivity contribution is 5.77. The molecule has 1 fully saturated rings. The third kappa shape index (κ3) is 4.27. The molecule has 0 saturated carbocycles. The number of carbonyl (C=O) groups is 2. The average Bonchev–Trinajstić information content (AvgIpc) is 3.05. The van der Waals surface area contributed by atoms with Crippen LogP contribution in [0.3, 0.4) is 0 Å². The van der Waals surface area contributed by atoms with Crippen LogP contribution >= 0.6 is 0 Å². The van der Waals surface area contributed by atoms with Gasteiger partial charge in [0.2, 0.25) is 0 Å². The van der Waals surface area contributed by atoms with Crippen LogP contribution in [0.4, 0.5) is 9.18 Å². The molecule has 1 aromatic heterocycles. The molecule has 3 rings (SSSR count). The minimum Gasteiger partial charge on any atom is -0.481 e. The van der Waals surface area contributed by atoms with Crippen LogP contribution in [0, 0.1) is 17.7 Å². The lowest BCUT2D eigenvalue weighted by Gasteiger charge is -2.35. The van der Waals surface area contributed by atoms with E-state index in [0.717, 1.165) is 0 Å². The summed E-state index contributed by atoms with van der Waals surface area (Å²) in [6.07, 6.45) is 3.95. The number of imidazole rings is 1. The zero-order valence-corrected chi connectivity index (χ0v) is 15.3. The number of carbonyl (C=O) groups excluding carboxylic acids is 1. The first-order valence-electron chi connectivity index (χ1n) is 8.86. The molecular weight excluding hydrogens is 351 g/mol. The van der Waals surface area contributed by atoms with Gasteiger partial charge in [-0.2, -0.15) is 0 Å². The molecule has 2 aromatic rings. The second-order valence-electron chi connectivity index (χ2n) is 7.11. The molecule has 0 aliphatic carbocycles. The number of hydrogen-bond acceptors (Lipinski definition) is 3. The van der Waals surface area contributed by atoms with Crippen molar-refractivity contribution in [3.63, 3.8) is 0 Å². The molecule has 27 heavy (non-hydrogen) atoms. The normalized spacial score (nSPS) is 20.9. The zero-order valence-electron chi connectivity index (χ0n) is 15.3. The molecule has 8 heteroatoms. The fourth-order valence-electron chi connectivity index (χ4n) is 3.52. The van der Waals surface area contributed by atoms with Gasteiger partial charge >= 0.3 is 12.0 Å². The topological polar surface area (TPSA) is 87.5 Å². The van der Waals surface area contributed by atoms with E-state index >= 15 is 0 Å². The van der Waals surface area contributed by atoms with E-state index in [4.69, 9.17) is 0 Å². The molecular formula is C19H23FN4O3. The number of aliphatic carboxylic acids is 1. The number of nitrogens with one attached hydrogen (secondary N) is 1. The number of aryl methyl sites for hydroxylation is 1. The summed E-state index contributed by atoms with van der Waals surface area (Å²) in [5.41, 5.74) is 0.693. The van der Waals surface area contributed by atoms with Crippen molar-refractivity contribution in [1.29, 1.82) is 0 Å². The van der Waals surface area contributed by atoms with Crippen molar-refractivity contribution in [3.05, 3.63) is 53.9 Å². The van der Waals surface area contributed by atoms with Gasteiger partial charge in [0.1, 0.15) is 17.7 Å². The Bertz CT molecular complexity index is 821. The predicted octanol–water partition coefficient (Wildman–Crippen LogP) is 2.40. The lowest BCUT2D eigenvalue weighted by Crippen LogP contribution is -2.50. The summed E-state index contributed by atoms with van der Waals surface area (Å²) < 4.78 is 15.1. The number of urea groups is 1. The predicted molar refractivity (Wildman–Crippen MR) is 96.5 cm³/mol. The van der Waals surface area contributed by atoms with Crippen LogP contribution < -0.4 is 5.32 Å². The van der Waals surface area contributed by atoms with Gasteiger partial charge in [-0.1, -0.05) is 19.1 Å². The number of benzene rings is 1. The third-order valence-electron chi connectivity index (χ3n) is 4.88. The van der Waals surface area contributed by atoms with E-state index in [1.165, 1.54) is 17.0 Å². The van der Waals surface area contributed by atoms with E-state index < -0.39 is 17.9 Å². The Morgan fingerprint density at radius 3 is 2.59 bits per heavy atom. The van der Waals surface area contributed by atoms with Gasteiger partial charge in [-0.15, -0.1) is 0 Å². The van der Waals surface area contributed by atoms with Crippen LogP contribution in [0.25, 0.3) is 0 Å². The van der Waals surface area contributed by atoms with Crippen LogP contribution in [-0.2, 0) is 11.8 Å². The first-order valence-corrected chi connectivity index (χ1v) is 8.86. The van der Waals surface area contributed by atoms with Gasteiger partial charge < -0.3 is 19.9 Å². The highest BCUT2D eigenvalue weighted by atomic mass is 19.1. The number of halogens is 1. The van der Waals surface area contributed by atoms with Gasteiger partial charge in [0.25, 0.3) is 0 Å². The third-order valence-corrected chi connectivity index (χ3v) is 4.88. The van der Waals surface area contributed by atoms with E-state index in [-0.39, 0.29) is 24.3 Å². The van der Waals surface area contributed by atoms with Gasteiger partial charge in [-0.25, -0.2) is 14.2 Å². The van der Waals surface area contributed by atoms with Crippen molar-refractivity contribution in [2.24, 2.45) is 18.9 Å². The number of nitrogens with zero attached hydrogens (tertiary/aromatic N) is 3. The second kappa shape index (κ2) is 7.77. The number of piperidine rings is 1. The number of carboxylic acids is 1. The minimum absolute atomic E-state index is 0.100. The maximum Gasteiger partial charge on any atom is 0.318 e. The lowest BCUT2D eigenvalue weighted by molar-refractivity contribution is -0.143. The first kappa shape index (κ1) is 18.9. The lowest BCUT2D eigenvalue weighted by atomic mass is 9.91. The van der Waals surface area contributed by atoms with Gasteiger partial charge in [-0.3, -0.25) is 4.79 Å². The summed E-state index contributed by atoms with van der Waals surface area (Å²) >= 11 is 0. The molecule has 1 aliphatic rings. The van der Waals surface area contributed by atoms with Crippen LogP contribution in [0.2, 0.25) is 0 Å². The summed E-state index contributed by atoms with van der Waals surface area (Å²) in [6, 6.07) is 4.95. The van der Waals surface area contributed by atoms with Gasteiger partial charge in [0, 0.05) is 32.5 Å². The fraction of sp³-hybridized carbons (Fsp3) is 0.421. The number of amides is 2. The maximum atomic E-state index is 13.3. The average molecular weight is 374 g/mol. The molecule has 1 aromatic carbocycles. The number of carboxylic acid groups (broad SMARTS) is 1. The monoisotopic (exact) mass is 374 g/mol. The minimum atomic E-state index is -0.890. The molecule has 0 radical (unpaired) electrons. The first-order chi connectivity index (χ1) is 12.8. The second-order valence-corrected chi connectivity index (χ2v) is 7.11. The van der Waals surface area contributed by atoms with Crippen LogP contribution in [0.1, 0.15) is 30.8 Å². The molecule has 3 atom stereocenters. The van der Waals surface area contributed by atoms with Crippen molar-refractivity contribution in [2.45, 2.75) is 19.4 Å². The van der Waals surface area contributed by atoms with Crippen molar-refractivity contribution in [3.8, 4) is 0 Å². The number of hydrogen-bond donors (Lipinski definition) is 2. The Hall–Kier alpha value is -2.90. The molecule has 2 N–H and O–H groups in total. The van der Waals surface area contributed by atoms with Crippen molar-refractivity contribution in [1.82, 2.24) is 19.8 Å². The standard InChI is InChI=1S/C19H23FN4O3/c1-12-9-14(18(25)26)11-24(10-12)19(27)22-16(17-21-7-8-23(17)2)13-3-5-15(20)6-4-13/h3-8,12,14,16H,9-11H2,1-2H3,(H,22,27)(H,25,26). The van der Waals surface area contributed by atoms with E-state index in [1.54, 1.807) is 29.1 Å². The van der Waals surface area contributed by atoms with E-state index in [0.29, 0.717) is 24.4 Å². The summed E-state index contributed by atoms with van der Waals surface area (Å²) in [5.74, 6) is -1.12. The van der Waals surface area contributed by atoms with Crippen molar-refractivity contribution >= 4 is 12.0 Å². The van der Waals surface area contributed by atoms with Gasteiger partial charge in [0.15, 0.2) is 0 Å². The Labute approximate surface area is 156 Å². The molecule has 2 amide bonds. The molecule has 144 valence electrons. The van der Waals surface area contributed by atoms with E-state index in [1.807, 2.05) is 14.0 Å². The quantitative estimate of drug-likeness (QED) is 0.860. The Balaban J connectivity index is 1.83. The fourth-order valence-corrected chi connectivity index (χ4v) is 3.52. The Kier molecular flexibility index (Phi) is 5.43. The van der Waals surface area contributed by atoms with Gasteiger partial charge in [0.05, 0.1) is 5.92 Å². The summed E-state index contributed by atoms with van der Waals surface area (Å²) in [4.78, 5) is 30.1. The van der Waals surface area contributed by atoms with Crippen LogP contribution in [-0.4, -0.2) is 44.6 Å². The molecule has 7 nitrogen and oxygen atoms in total. The highest BCUT2D eigenvalue weighted by Crippen LogP contribution is 2.24. The maximum absolute atomic E-state index is 13.3. The molecule has 3 unspecified atom stereocenters. The number of aromatic nitrogens is 2. The Morgan fingerprint density at radius 1 is 1.30 bits per heavy atom. The number of likely N-dealkylation sites (tertiary alicyclic amines) is 1. The SMILES string of the molecule is CC1CC(C(=O)O)CN(C(=O)NC(c2ccc(F)cc2)c2nccn2C)C1. The zero-order chi connectivity index (χ0) is 19.6. The summed E-state index contributed by atoms with van der Waals surface area (Å²) in [5, 5.41) is 12.3. The molecule has 0 bridgehead atoms. The van der Waals surface area contributed by atoms with Gasteiger partial charge in [-0.05, 0) is 30.0 Å². The summed E-state index contributed by atoms with van der Waals surface area (Å²) in [6.45, 7) is 2.60. The van der Waals surface area contributed by atoms with Crippen molar-refractivity contribution in [2.75, 3.05) is 13.1 Å². The summed E-state index contributed by atoms with van der Waals surface area (Å²) in [7, 11) is 1.81. The van der Waals surface area contributed by atoms with Crippen LogP contribution in [0.15, 0.2) is 36.7 Å². The smallest absolute Gasteiger partial charge is 0.318 e. The van der Waals surface area contributed by atoms with Crippen molar-refractivity contribution < 1.29 is 19.1 Å². The van der Waals surface area contributed by atoms with E-state index in [2.05, 4.69) is 10.3 Å². The Morgan fingerprint density at radius 2 is 2.00 bits per heavy atom. The number of rotatable bonds is 4. The molecule has 2 heterocycles. The van der Waals surface area contributed by atoms with Crippen LogP contribution in [0.5, 0.6) is 0 Å². The molecule has 0 spiro atoms. The molecule has 1 saturated heterocycles. The van der Waals surface area contributed by atoms with E-state index in [9.17, 15) is 19.1 Å².